The maximum Gasteiger partial charge on any atom is 0.310 e. The third-order valence-corrected chi connectivity index (χ3v) is 3.73. The van der Waals surface area contributed by atoms with Gasteiger partial charge in [0, 0.05) is 16.6 Å². The number of ether oxygens (including phenoxy) is 1. The van der Waals surface area contributed by atoms with E-state index in [0.29, 0.717) is 6.61 Å². The molecule has 4 heteroatoms. The molecular weight excluding hydrogens is 282 g/mol. The molecule has 1 saturated heterocycles. The SMILES string of the molecule is O=C(OCc1ccccc1Br)[C@@H]1CCCNC1. The second-order valence-corrected chi connectivity index (χ2v) is 5.10. The topological polar surface area (TPSA) is 38.3 Å². The van der Waals surface area contributed by atoms with Crippen LogP contribution in [0.3, 0.4) is 0 Å². The molecule has 1 aliphatic heterocycles. The van der Waals surface area contributed by atoms with Crippen LogP contribution in [0.5, 0.6) is 0 Å². The van der Waals surface area contributed by atoms with Crippen LogP contribution in [0, 0.1) is 5.92 Å². The van der Waals surface area contributed by atoms with Gasteiger partial charge in [0.1, 0.15) is 6.61 Å². The van der Waals surface area contributed by atoms with Crippen molar-refractivity contribution in [2.45, 2.75) is 19.4 Å². The van der Waals surface area contributed by atoms with Crippen molar-refractivity contribution in [2.24, 2.45) is 5.92 Å². The highest BCUT2D eigenvalue weighted by atomic mass is 79.9. The summed E-state index contributed by atoms with van der Waals surface area (Å²) in [7, 11) is 0. The predicted octanol–water partition coefficient (Wildman–Crippen LogP) is 2.49. The van der Waals surface area contributed by atoms with Crippen molar-refractivity contribution in [1.82, 2.24) is 5.32 Å². The van der Waals surface area contributed by atoms with E-state index in [1.54, 1.807) is 0 Å². The summed E-state index contributed by atoms with van der Waals surface area (Å²) in [4.78, 5) is 11.8. The second-order valence-electron chi connectivity index (χ2n) is 4.24. The number of rotatable bonds is 3. The van der Waals surface area contributed by atoms with E-state index in [4.69, 9.17) is 4.74 Å². The van der Waals surface area contributed by atoms with Crippen molar-refractivity contribution in [3.63, 3.8) is 0 Å². The minimum atomic E-state index is -0.0899. The first-order valence-electron chi connectivity index (χ1n) is 5.88. The Balaban J connectivity index is 1.85. The standard InChI is InChI=1S/C13H16BrNO2/c14-12-6-2-1-4-11(12)9-17-13(16)10-5-3-7-15-8-10/h1-2,4,6,10,15H,3,5,7-9H2/t10-/m1/s1. The highest BCUT2D eigenvalue weighted by Crippen LogP contribution is 2.18. The molecule has 3 nitrogen and oxygen atoms in total. The lowest BCUT2D eigenvalue weighted by molar-refractivity contribution is -0.150. The summed E-state index contributed by atoms with van der Waals surface area (Å²) in [6.45, 7) is 2.10. The molecule has 0 spiro atoms. The van der Waals surface area contributed by atoms with Crippen molar-refractivity contribution in [3.05, 3.63) is 34.3 Å². The van der Waals surface area contributed by atoms with Gasteiger partial charge in [-0.05, 0) is 25.5 Å². The zero-order valence-electron chi connectivity index (χ0n) is 9.62. The first-order valence-corrected chi connectivity index (χ1v) is 6.67. The number of hydrogen-bond donors (Lipinski definition) is 1. The summed E-state index contributed by atoms with van der Waals surface area (Å²) >= 11 is 3.44. The lowest BCUT2D eigenvalue weighted by Crippen LogP contribution is -2.35. The van der Waals surface area contributed by atoms with Crippen LogP contribution >= 0.6 is 15.9 Å². The third kappa shape index (κ3) is 3.54. The number of piperidine rings is 1. The van der Waals surface area contributed by atoms with E-state index >= 15 is 0 Å². The van der Waals surface area contributed by atoms with Gasteiger partial charge < -0.3 is 10.1 Å². The van der Waals surface area contributed by atoms with E-state index in [2.05, 4.69) is 21.2 Å². The molecule has 0 amide bonds. The number of benzene rings is 1. The van der Waals surface area contributed by atoms with Gasteiger partial charge in [0.2, 0.25) is 0 Å². The Morgan fingerprint density at radius 2 is 2.29 bits per heavy atom. The fourth-order valence-corrected chi connectivity index (χ4v) is 2.33. The molecule has 0 aliphatic carbocycles. The minimum Gasteiger partial charge on any atom is -0.461 e. The smallest absolute Gasteiger partial charge is 0.310 e. The Hall–Kier alpha value is -0.870. The maximum atomic E-state index is 11.8. The van der Waals surface area contributed by atoms with E-state index in [1.807, 2.05) is 24.3 Å². The number of halogens is 1. The average Bonchev–Trinajstić information content (AvgIpc) is 2.38. The van der Waals surface area contributed by atoms with Gasteiger partial charge in [0.25, 0.3) is 0 Å². The van der Waals surface area contributed by atoms with Gasteiger partial charge in [-0.3, -0.25) is 4.79 Å². The minimum absolute atomic E-state index is 0.0197. The van der Waals surface area contributed by atoms with Crippen molar-refractivity contribution < 1.29 is 9.53 Å². The summed E-state index contributed by atoms with van der Waals surface area (Å²) in [5.41, 5.74) is 1.00. The predicted molar refractivity (Wildman–Crippen MR) is 69.5 cm³/mol. The first kappa shape index (κ1) is 12.6. The Kier molecular flexibility index (Phi) is 4.57. The van der Waals surface area contributed by atoms with Gasteiger partial charge >= 0.3 is 5.97 Å². The van der Waals surface area contributed by atoms with E-state index in [1.165, 1.54) is 0 Å². The molecule has 1 aromatic carbocycles. The average molecular weight is 298 g/mol. The van der Waals surface area contributed by atoms with Crippen molar-refractivity contribution in [2.75, 3.05) is 13.1 Å². The quantitative estimate of drug-likeness (QED) is 0.871. The van der Waals surface area contributed by atoms with Crippen LogP contribution in [0.2, 0.25) is 0 Å². The molecule has 1 heterocycles. The van der Waals surface area contributed by atoms with Gasteiger partial charge in [-0.25, -0.2) is 0 Å². The van der Waals surface area contributed by atoms with Crippen molar-refractivity contribution >= 4 is 21.9 Å². The van der Waals surface area contributed by atoms with Crippen LogP contribution in [0.15, 0.2) is 28.7 Å². The molecule has 0 bridgehead atoms. The fourth-order valence-electron chi connectivity index (χ4n) is 1.94. The fraction of sp³-hybridized carbons (Fsp3) is 0.462. The molecule has 1 aliphatic rings. The van der Waals surface area contributed by atoms with E-state index in [0.717, 1.165) is 36.0 Å². The van der Waals surface area contributed by atoms with Crippen LogP contribution in [0.4, 0.5) is 0 Å². The molecule has 1 aromatic rings. The third-order valence-electron chi connectivity index (χ3n) is 2.96. The molecule has 0 unspecified atom stereocenters. The Morgan fingerprint density at radius 1 is 1.47 bits per heavy atom. The van der Waals surface area contributed by atoms with Gasteiger partial charge in [0.15, 0.2) is 0 Å². The summed E-state index contributed by atoms with van der Waals surface area (Å²) in [6.07, 6.45) is 1.98. The molecule has 1 N–H and O–H groups in total. The van der Waals surface area contributed by atoms with Crippen LogP contribution in [0.1, 0.15) is 18.4 Å². The molecule has 17 heavy (non-hydrogen) atoms. The number of carbonyl (C=O) groups excluding carboxylic acids is 1. The molecule has 0 radical (unpaired) electrons. The zero-order chi connectivity index (χ0) is 12.1. The number of nitrogens with one attached hydrogen (secondary N) is 1. The van der Waals surface area contributed by atoms with Crippen LogP contribution < -0.4 is 5.32 Å². The summed E-state index contributed by atoms with van der Waals surface area (Å²) < 4.78 is 6.32. The Bertz CT molecular complexity index is 389. The molecule has 1 fully saturated rings. The summed E-state index contributed by atoms with van der Waals surface area (Å²) in [5, 5.41) is 3.22. The molecular formula is C13H16BrNO2. The number of carbonyl (C=O) groups is 1. The molecule has 0 aromatic heterocycles. The molecule has 1 atom stereocenters. The normalized spacial score (nSPS) is 19.9. The van der Waals surface area contributed by atoms with Gasteiger partial charge in [-0.1, -0.05) is 34.1 Å². The first-order chi connectivity index (χ1) is 8.27. The van der Waals surface area contributed by atoms with Gasteiger partial charge in [0.05, 0.1) is 5.92 Å². The highest BCUT2D eigenvalue weighted by molar-refractivity contribution is 9.10. The molecule has 2 rings (SSSR count). The van der Waals surface area contributed by atoms with E-state index in [9.17, 15) is 4.79 Å². The lowest BCUT2D eigenvalue weighted by Gasteiger charge is -2.21. The van der Waals surface area contributed by atoms with Crippen LogP contribution in [-0.2, 0) is 16.1 Å². The van der Waals surface area contributed by atoms with Gasteiger partial charge in [-0.15, -0.1) is 0 Å². The highest BCUT2D eigenvalue weighted by Gasteiger charge is 2.22. The van der Waals surface area contributed by atoms with Crippen molar-refractivity contribution in [1.29, 1.82) is 0 Å². The van der Waals surface area contributed by atoms with Gasteiger partial charge in [-0.2, -0.15) is 0 Å². The zero-order valence-corrected chi connectivity index (χ0v) is 11.2. The lowest BCUT2D eigenvalue weighted by atomic mass is 10.0. The van der Waals surface area contributed by atoms with E-state index in [-0.39, 0.29) is 11.9 Å². The number of esters is 1. The van der Waals surface area contributed by atoms with E-state index < -0.39 is 0 Å². The monoisotopic (exact) mass is 297 g/mol. The van der Waals surface area contributed by atoms with Crippen LogP contribution in [0.25, 0.3) is 0 Å². The number of hydrogen-bond acceptors (Lipinski definition) is 3. The second kappa shape index (κ2) is 6.17. The summed E-state index contributed by atoms with van der Waals surface area (Å²) in [5.74, 6) is -0.0702. The van der Waals surface area contributed by atoms with Crippen LogP contribution in [-0.4, -0.2) is 19.1 Å². The maximum absolute atomic E-state index is 11.8. The molecule has 0 saturated carbocycles. The largest absolute Gasteiger partial charge is 0.461 e. The van der Waals surface area contributed by atoms with Crippen molar-refractivity contribution in [3.8, 4) is 0 Å². The summed E-state index contributed by atoms with van der Waals surface area (Å²) in [6, 6.07) is 7.79. The Labute approximate surface area is 110 Å². The Morgan fingerprint density at radius 3 is 3.00 bits per heavy atom. The molecule has 92 valence electrons.